The summed E-state index contributed by atoms with van der Waals surface area (Å²) in [5.41, 5.74) is -0.129. The molecule has 0 heterocycles. The normalized spacial score (nSPS) is 17.3. The second kappa shape index (κ2) is 5.07. The average molecular weight is 204 g/mol. The van der Waals surface area contributed by atoms with E-state index < -0.39 is 0 Å². The van der Waals surface area contributed by atoms with Crippen LogP contribution < -0.4 is 0 Å². The summed E-state index contributed by atoms with van der Waals surface area (Å²) < 4.78 is 16.3. The first kappa shape index (κ1) is 13.1. The summed E-state index contributed by atoms with van der Waals surface area (Å²) in [5, 5.41) is -0.181. The monoisotopic (exact) mass is 204 g/mol. The minimum Gasteiger partial charge on any atom is -0.378 e. The van der Waals surface area contributed by atoms with Gasteiger partial charge in [-0.1, -0.05) is 13.3 Å². The van der Waals surface area contributed by atoms with Crippen LogP contribution in [-0.4, -0.2) is 17.9 Å². The first-order chi connectivity index (χ1) is 5.89. The van der Waals surface area contributed by atoms with Gasteiger partial charge in [0.15, 0.2) is 8.46 Å². The molecule has 0 saturated heterocycles. The molecule has 0 radical (unpaired) electrons. The number of hydrogen-bond acceptors (Lipinski definition) is 2. The lowest BCUT2D eigenvalue weighted by molar-refractivity contribution is -0.0147. The van der Waals surface area contributed by atoms with E-state index >= 15 is 0 Å². The Morgan fingerprint density at radius 3 is 2.15 bits per heavy atom. The minimum atomic E-state index is -0.181. The van der Waals surface area contributed by atoms with E-state index in [2.05, 4.69) is 13.8 Å². The summed E-state index contributed by atoms with van der Waals surface area (Å²) >= 11 is 0. The number of hydrogen-bond donors (Lipinski definition) is 0. The molecule has 0 rings (SSSR count). The van der Waals surface area contributed by atoms with Gasteiger partial charge in [0.1, 0.15) is 0 Å². The van der Waals surface area contributed by atoms with Crippen molar-refractivity contribution in [3.8, 4) is 0 Å². The molecule has 0 aromatic rings. The van der Waals surface area contributed by atoms with Crippen molar-refractivity contribution >= 4 is 8.46 Å². The predicted molar refractivity (Wildman–Crippen MR) is 56.6 cm³/mol. The molecular weight excluding hydrogens is 183 g/mol. The second-order valence-corrected chi connectivity index (χ2v) is 5.88. The molecule has 2 nitrogen and oxygen atoms in total. The van der Waals surface area contributed by atoms with E-state index in [1.807, 2.05) is 13.8 Å². The number of rotatable bonds is 6. The van der Waals surface area contributed by atoms with Crippen molar-refractivity contribution in [2.24, 2.45) is 0 Å². The Hall–Kier alpha value is 0.0600. The third-order valence-electron chi connectivity index (χ3n) is 2.33. The molecule has 78 valence electrons. The third kappa shape index (κ3) is 4.73. The molecule has 0 aliphatic rings. The third-order valence-corrected chi connectivity index (χ3v) is 2.98. The van der Waals surface area contributed by atoms with Crippen LogP contribution in [0.1, 0.15) is 47.0 Å². The molecule has 3 heteroatoms. The van der Waals surface area contributed by atoms with Gasteiger partial charge in [-0.05, 0) is 33.6 Å². The van der Waals surface area contributed by atoms with E-state index in [1.54, 1.807) is 7.11 Å². The van der Waals surface area contributed by atoms with Crippen LogP contribution in [0.15, 0.2) is 0 Å². The zero-order valence-corrected chi connectivity index (χ0v) is 10.3. The fraction of sp³-hybridized carbons (Fsp3) is 1.00. The van der Waals surface area contributed by atoms with Crippen molar-refractivity contribution < 1.29 is 9.30 Å². The molecule has 0 aromatic heterocycles. The van der Waals surface area contributed by atoms with Crippen LogP contribution >= 0.6 is 8.46 Å². The van der Waals surface area contributed by atoms with Gasteiger partial charge in [-0.3, -0.25) is 4.57 Å². The molecule has 0 amide bonds. The number of methoxy groups -OCH3 is 1. The van der Waals surface area contributed by atoms with Gasteiger partial charge in [-0.25, -0.2) is 0 Å². The van der Waals surface area contributed by atoms with Gasteiger partial charge in [-0.2, -0.15) is 0 Å². The highest BCUT2D eigenvalue weighted by Gasteiger charge is 2.32. The van der Waals surface area contributed by atoms with E-state index in [0.717, 1.165) is 19.3 Å². The van der Waals surface area contributed by atoms with Crippen LogP contribution in [0, 0.1) is 0 Å². The van der Waals surface area contributed by atoms with Gasteiger partial charge in [0.2, 0.25) is 0 Å². The summed E-state index contributed by atoms with van der Waals surface area (Å²) in [6, 6.07) is 0. The molecule has 0 spiro atoms. The molecule has 0 saturated carbocycles. The van der Waals surface area contributed by atoms with Crippen LogP contribution in [-0.2, 0) is 9.30 Å². The highest BCUT2D eigenvalue weighted by atomic mass is 31.1. The minimum absolute atomic E-state index is 0.129. The van der Waals surface area contributed by atoms with Crippen molar-refractivity contribution in [3.63, 3.8) is 0 Å². The summed E-state index contributed by atoms with van der Waals surface area (Å²) in [6.45, 7) is 8.21. The first-order valence-corrected chi connectivity index (χ1v) is 5.60. The molecule has 0 N–H and O–H groups in total. The maximum absolute atomic E-state index is 10.9. The lowest BCUT2D eigenvalue weighted by Crippen LogP contribution is -2.34. The molecule has 13 heavy (non-hydrogen) atoms. The van der Waals surface area contributed by atoms with Crippen molar-refractivity contribution in [1.82, 2.24) is 0 Å². The van der Waals surface area contributed by atoms with Crippen molar-refractivity contribution in [2.75, 3.05) is 7.11 Å². The molecule has 0 aliphatic heterocycles. The Kier molecular flexibility index (Phi) is 5.09. The fourth-order valence-electron chi connectivity index (χ4n) is 1.74. The molecule has 0 fully saturated rings. The van der Waals surface area contributed by atoms with Crippen molar-refractivity contribution in [3.05, 3.63) is 0 Å². The Labute approximate surface area is 83.3 Å². The average Bonchev–Trinajstić information content (AvgIpc) is 2.04. The van der Waals surface area contributed by atoms with Crippen LogP contribution in [0.4, 0.5) is 0 Å². The Morgan fingerprint density at radius 1 is 1.31 bits per heavy atom. The summed E-state index contributed by atoms with van der Waals surface area (Å²) in [4.78, 5) is 0. The highest BCUT2D eigenvalue weighted by molar-refractivity contribution is 7.25. The van der Waals surface area contributed by atoms with Crippen molar-refractivity contribution in [2.45, 2.75) is 57.7 Å². The molecular formula is C10H21O2P. The van der Waals surface area contributed by atoms with Crippen LogP contribution in [0.25, 0.3) is 0 Å². The van der Waals surface area contributed by atoms with Gasteiger partial charge in [0.25, 0.3) is 0 Å². The van der Waals surface area contributed by atoms with Crippen LogP contribution in [0.2, 0.25) is 0 Å². The zero-order valence-electron chi connectivity index (χ0n) is 9.39. The number of ether oxygens (including phenoxy) is 1. The van der Waals surface area contributed by atoms with Gasteiger partial charge in [0.05, 0.1) is 5.60 Å². The van der Waals surface area contributed by atoms with E-state index in [-0.39, 0.29) is 19.2 Å². The van der Waals surface area contributed by atoms with Gasteiger partial charge >= 0.3 is 0 Å². The van der Waals surface area contributed by atoms with E-state index in [4.69, 9.17) is 4.74 Å². The van der Waals surface area contributed by atoms with Gasteiger partial charge < -0.3 is 4.74 Å². The highest BCUT2D eigenvalue weighted by Crippen LogP contribution is 2.35. The first-order valence-electron chi connectivity index (χ1n) is 4.79. The Bertz CT molecular complexity index is 168. The standard InChI is InChI=1S/C10H21O2P/c1-6-7-10(4,12-5)8-9(2,3)13-11/h6-8H2,1-5H3. The molecule has 0 aliphatic carbocycles. The molecule has 1 atom stereocenters. The van der Waals surface area contributed by atoms with E-state index in [9.17, 15) is 4.57 Å². The molecule has 0 bridgehead atoms. The SMILES string of the molecule is CCCC(C)(CC(C)(C)P=O)OC. The van der Waals surface area contributed by atoms with Crippen LogP contribution in [0.3, 0.4) is 0 Å². The van der Waals surface area contributed by atoms with Crippen LogP contribution in [0.5, 0.6) is 0 Å². The van der Waals surface area contributed by atoms with E-state index in [1.165, 1.54) is 0 Å². The van der Waals surface area contributed by atoms with Gasteiger partial charge in [-0.15, -0.1) is 0 Å². The smallest absolute Gasteiger partial charge is 0.161 e. The summed E-state index contributed by atoms with van der Waals surface area (Å²) in [5.74, 6) is 0. The van der Waals surface area contributed by atoms with Gasteiger partial charge in [0, 0.05) is 12.3 Å². The fourth-order valence-corrected chi connectivity index (χ4v) is 2.14. The summed E-state index contributed by atoms with van der Waals surface area (Å²) in [7, 11) is 1.93. The zero-order chi connectivity index (χ0) is 10.5. The predicted octanol–water partition coefficient (Wildman–Crippen LogP) is 3.65. The second-order valence-electron chi connectivity index (χ2n) is 4.48. The lowest BCUT2D eigenvalue weighted by Gasteiger charge is -2.33. The molecule has 1 unspecified atom stereocenters. The van der Waals surface area contributed by atoms with Crippen molar-refractivity contribution in [1.29, 1.82) is 0 Å². The van der Waals surface area contributed by atoms with E-state index in [0.29, 0.717) is 0 Å². The largest absolute Gasteiger partial charge is 0.378 e. The lowest BCUT2D eigenvalue weighted by atomic mass is 9.89. The Morgan fingerprint density at radius 2 is 1.85 bits per heavy atom. The quantitative estimate of drug-likeness (QED) is 0.617. The topological polar surface area (TPSA) is 26.3 Å². The summed E-state index contributed by atoms with van der Waals surface area (Å²) in [6.07, 6.45) is 2.94. The molecule has 0 aromatic carbocycles. The maximum atomic E-state index is 10.9. The maximum Gasteiger partial charge on any atom is 0.161 e. The Balaban J connectivity index is 4.33.